The van der Waals surface area contributed by atoms with Gasteiger partial charge in [0.25, 0.3) is 0 Å². The van der Waals surface area contributed by atoms with Crippen LogP contribution in [-0.4, -0.2) is 12.9 Å². The lowest BCUT2D eigenvalue weighted by Crippen LogP contribution is -2.13. The van der Waals surface area contributed by atoms with Gasteiger partial charge in [0.1, 0.15) is 11.6 Å². The minimum atomic E-state index is 0.451. The number of hydrogen-bond acceptors (Lipinski definition) is 2. The second-order valence-corrected chi connectivity index (χ2v) is 4.04. The number of nitrogens with zero attached hydrogens (tertiary/aromatic N) is 1. The van der Waals surface area contributed by atoms with Gasteiger partial charge in [0.2, 0.25) is 0 Å². The average Bonchev–Trinajstić information content (AvgIpc) is 3.04. The number of amidine groups is 1. The smallest absolute Gasteiger partial charge is 0.121 e. The van der Waals surface area contributed by atoms with Crippen LogP contribution in [0, 0.1) is 5.92 Å². The first-order valence-corrected chi connectivity index (χ1v) is 5.26. The summed E-state index contributed by atoms with van der Waals surface area (Å²) >= 11 is 6.00. The summed E-state index contributed by atoms with van der Waals surface area (Å²) in [5.41, 5.74) is 6.50. The predicted molar refractivity (Wildman–Crippen MR) is 62.0 cm³/mol. The van der Waals surface area contributed by atoms with Gasteiger partial charge >= 0.3 is 0 Å². The third kappa shape index (κ3) is 2.42. The van der Waals surface area contributed by atoms with Crippen LogP contribution in [0.3, 0.4) is 0 Å². The molecule has 0 amide bonds. The molecule has 0 radical (unpaired) electrons. The summed E-state index contributed by atoms with van der Waals surface area (Å²) in [6.07, 6.45) is 2.27. The summed E-state index contributed by atoms with van der Waals surface area (Å²) < 4.78 is 5.10. The predicted octanol–water partition coefficient (Wildman–Crippen LogP) is 2.75. The highest BCUT2D eigenvalue weighted by atomic mass is 35.5. The average molecular weight is 225 g/mol. The number of aliphatic imine (C=N–C) groups is 1. The molecule has 1 aliphatic rings. The maximum atomic E-state index is 6.00. The molecule has 1 saturated carbocycles. The molecule has 2 rings (SSSR count). The maximum absolute atomic E-state index is 6.00. The molecule has 15 heavy (non-hydrogen) atoms. The molecule has 1 fully saturated rings. The number of hydrogen-bond donors (Lipinski definition) is 1. The topological polar surface area (TPSA) is 47.6 Å². The Morgan fingerprint density at radius 1 is 1.53 bits per heavy atom. The highest BCUT2D eigenvalue weighted by molar-refractivity contribution is 6.33. The minimum Gasteiger partial charge on any atom is -0.497 e. The third-order valence-corrected chi connectivity index (χ3v) is 2.72. The van der Waals surface area contributed by atoms with Crippen LogP contribution < -0.4 is 10.5 Å². The number of rotatable bonds is 3. The summed E-state index contributed by atoms with van der Waals surface area (Å²) in [6.45, 7) is 0. The lowest BCUT2D eigenvalue weighted by atomic mass is 10.3. The lowest BCUT2D eigenvalue weighted by molar-refractivity contribution is 0.415. The van der Waals surface area contributed by atoms with Crippen LogP contribution in [0.15, 0.2) is 23.2 Å². The summed E-state index contributed by atoms with van der Waals surface area (Å²) in [5.74, 6) is 1.86. The van der Waals surface area contributed by atoms with Crippen molar-refractivity contribution in [2.45, 2.75) is 12.8 Å². The van der Waals surface area contributed by atoms with Gasteiger partial charge in [-0.15, -0.1) is 0 Å². The quantitative estimate of drug-likeness (QED) is 0.634. The van der Waals surface area contributed by atoms with Crippen molar-refractivity contribution in [3.8, 4) is 5.75 Å². The van der Waals surface area contributed by atoms with Crippen LogP contribution in [-0.2, 0) is 0 Å². The molecule has 0 aromatic heterocycles. The van der Waals surface area contributed by atoms with Gasteiger partial charge < -0.3 is 10.5 Å². The van der Waals surface area contributed by atoms with E-state index in [9.17, 15) is 0 Å². The van der Waals surface area contributed by atoms with Crippen molar-refractivity contribution < 1.29 is 4.74 Å². The van der Waals surface area contributed by atoms with E-state index in [0.717, 1.165) is 18.6 Å². The molecule has 2 N–H and O–H groups in total. The zero-order valence-corrected chi connectivity index (χ0v) is 9.29. The Morgan fingerprint density at radius 2 is 2.27 bits per heavy atom. The van der Waals surface area contributed by atoms with Gasteiger partial charge in [-0.25, -0.2) is 4.99 Å². The van der Waals surface area contributed by atoms with Crippen molar-refractivity contribution in [3.05, 3.63) is 23.2 Å². The van der Waals surface area contributed by atoms with Gasteiger partial charge in [-0.2, -0.15) is 0 Å². The zero-order chi connectivity index (χ0) is 10.8. The van der Waals surface area contributed by atoms with Crippen molar-refractivity contribution >= 4 is 23.1 Å². The molecule has 3 nitrogen and oxygen atoms in total. The van der Waals surface area contributed by atoms with Gasteiger partial charge in [0, 0.05) is 12.0 Å². The Kier molecular flexibility index (Phi) is 2.82. The van der Waals surface area contributed by atoms with Gasteiger partial charge in [0.15, 0.2) is 0 Å². The number of methoxy groups -OCH3 is 1. The van der Waals surface area contributed by atoms with E-state index in [1.165, 1.54) is 0 Å². The van der Waals surface area contributed by atoms with Gasteiger partial charge in [-0.05, 0) is 25.0 Å². The Labute approximate surface area is 93.9 Å². The van der Waals surface area contributed by atoms with E-state index in [2.05, 4.69) is 4.99 Å². The molecule has 0 atom stereocenters. The first-order valence-electron chi connectivity index (χ1n) is 4.88. The van der Waals surface area contributed by atoms with E-state index in [1.54, 1.807) is 25.3 Å². The molecular formula is C11H13ClN2O. The minimum absolute atomic E-state index is 0.451. The molecule has 80 valence electrons. The summed E-state index contributed by atoms with van der Waals surface area (Å²) in [7, 11) is 1.61. The number of benzene rings is 1. The molecule has 0 saturated heterocycles. The van der Waals surface area contributed by atoms with Crippen LogP contribution >= 0.6 is 11.6 Å². The zero-order valence-electron chi connectivity index (χ0n) is 8.53. The maximum Gasteiger partial charge on any atom is 0.121 e. The largest absolute Gasteiger partial charge is 0.497 e. The van der Waals surface area contributed by atoms with Crippen molar-refractivity contribution in [1.82, 2.24) is 0 Å². The first-order chi connectivity index (χ1) is 7.20. The number of nitrogens with two attached hydrogens (primary N) is 1. The molecule has 1 aliphatic carbocycles. The summed E-state index contributed by atoms with van der Waals surface area (Å²) in [5, 5.41) is 0.597. The second kappa shape index (κ2) is 4.11. The molecule has 0 aliphatic heterocycles. The molecule has 1 aromatic rings. The molecule has 0 spiro atoms. The fourth-order valence-corrected chi connectivity index (χ4v) is 1.47. The van der Waals surface area contributed by atoms with E-state index in [4.69, 9.17) is 22.1 Å². The summed E-state index contributed by atoms with van der Waals surface area (Å²) in [6, 6.07) is 5.35. The highest BCUT2D eigenvalue weighted by Gasteiger charge is 2.25. The standard InChI is InChI=1S/C11H13ClN2O/c1-15-8-4-5-9(12)10(6-8)14-11(13)7-2-3-7/h4-7H,2-3H2,1H3,(H2,13,14). The van der Waals surface area contributed by atoms with Gasteiger partial charge in [-0.1, -0.05) is 11.6 Å². The van der Waals surface area contributed by atoms with Crippen LogP contribution in [0.1, 0.15) is 12.8 Å². The summed E-state index contributed by atoms with van der Waals surface area (Å²) in [4.78, 5) is 4.31. The monoisotopic (exact) mass is 224 g/mol. The van der Waals surface area contributed by atoms with E-state index >= 15 is 0 Å². The van der Waals surface area contributed by atoms with E-state index in [1.807, 2.05) is 0 Å². The molecule has 4 heteroatoms. The van der Waals surface area contributed by atoms with Crippen molar-refractivity contribution in [1.29, 1.82) is 0 Å². The Bertz CT molecular complexity index is 400. The highest BCUT2D eigenvalue weighted by Crippen LogP contribution is 2.33. The van der Waals surface area contributed by atoms with E-state index < -0.39 is 0 Å². The van der Waals surface area contributed by atoms with Crippen LogP contribution in [0.4, 0.5) is 5.69 Å². The van der Waals surface area contributed by atoms with Crippen molar-refractivity contribution in [3.63, 3.8) is 0 Å². The first kappa shape index (κ1) is 10.3. The van der Waals surface area contributed by atoms with Crippen molar-refractivity contribution in [2.75, 3.05) is 7.11 Å². The van der Waals surface area contributed by atoms with Gasteiger partial charge in [0.05, 0.1) is 17.8 Å². The third-order valence-electron chi connectivity index (χ3n) is 2.40. The second-order valence-electron chi connectivity index (χ2n) is 3.63. The van der Waals surface area contributed by atoms with Crippen LogP contribution in [0.5, 0.6) is 5.75 Å². The number of ether oxygens (including phenoxy) is 1. The molecular weight excluding hydrogens is 212 g/mol. The molecule has 1 aromatic carbocycles. The number of halogens is 1. The molecule has 0 unspecified atom stereocenters. The fourth-order valence-electron chi connectivity index (χ4n) is 1.31. The van der Waals surface area contributed by atoms with Crippen LogP contribution in [0.2, 0.25) is 5.02 Å². The van der Waals surface area contributed by atoms with E-state index in [-0.39, 0.29) is 0 Å². The Hall–Kier alpha value is -1.22. The SMILES string of the molecule is COc1ccc(Cl)c(N=C(N)C2CC2)c1. The van der Waals surface area contributed by atoms with Crippen molar-refractivity contribution in [2.24, 2.45) is 16.6 Å². The Morgan fingerprint density at radius 3 is 2.87 bits per heavy atom. The normalized spacial score (nSPS) is 16.5. The van der Waals surface area contributed by atoms with Crippen LogP contribution in [0.25, 0.3) is 0 Å². The van der Waals surface area contributed by atoms with Gasteiger partial charge in [-0.3, -0.25) is 0 Å². The molecule has 0 bridgehead atoms. The van der Waals surface area contributed by atoms with E-state index in [0.29, 0.717) is 22.5 Å². The fraction of sp³-hybridized carbons (Fsp3) is 0.364. The lowest BCUT2D eigenvalue weighted by Gasteiger charge is -2.04. The Balaban J connectivity index is 2.29. The molecule has 0 heterocycles.